The highest BCUT2D eigenvalue weighted by molar-refractivity contribution is 7.86. The van der Waals surface area contributed by atoms with E-state index in [0.29, 0.717) is 5.75 Å². The number of aryl methyl sites for hydroxylation is 2. The van der Waals surface area contributed by atoms with Crippen LogP contribution in [0.1, 0.15) is 12.5 Å². The lowest BCUT2D eigenvalue weighted by molar-refractivity contribution is 0.687. The third kappa shape index (κ3) is 4.44. The number of hydrogen-bond donors (Lipinski definition) is 2. The van der Waals surface area contributed by atoms with Gasteiger partial charge in [-0.3, -0.25) is 4.98 Å². The minimum atomic E-state index is -1.09. The second-order valence-corrected chi connectivity index (χ2v) is 10.2. The van der Waals surface area contributed by atoms with Crippen molar-refractivity contribution in [2.24, 2.45) is 7.05 Å². The molecule has 3 heterocycles. The Morgan fingerprint density at radius 3 is 2.68 bits per heavy atom. The molecule has 2 aromatic carbocycles. The van der Waals surface area contributed by atoms with E-state index >= 15 is 0 Å². The van der Waals surface area contributed by atoms with Crippen molar-refractivity contribution in [3.8, 4) is 22.6 Å². The summed E-state index contributed by atoms with van der Waals surface area (Å²) in [5.74, 6) is 1.40. The number of fused-ring (bicyclic) bond motifs is 1. The van der Waals surface area contributed by atoms with E-state index in [0.717, 1.165) is 55.7 Å². The number of nitrogens with one attached hydrogen (secondary N) is 2. The zero-order valence-corrected chi connectivity index (χ0v) is 20.7. The van der Waals surface area contributed by atoms with Crippen molar-refractivity contribution in [3.05, 3.63) is 71.9 Å². The van der Waals surface area contributed by atoms with Gasteiger partial charge in [-0.1, -0.05) is 19.1 Å². The van der Waals surface area contributed by atoms with Gasteiger partial charge in [0.2, 0.25) is 0 Å². The first-order valence-electron chi connectivity index (χ1n) is 10.9. The Kier molecular flexibility index (Phi) is 6.12. The van der Waals surface area contributed by atoms with Crippen LogP contribution >= 0.6 is 11.3 Å². The normalized spacial score (nSPS) is 12.1. The van der Waals surface area contributed by atoms with Crippen LogP contribution in [-0.2, 0) is 18.0 Å². The molecule has 0 aliphatic heterocycles. The average Bonchev–Trinajstić information content (AvgIpc) is 3.45. The van der Waals surface area contributed by atoms with Gasteiger partial charge in [0, 0.05) is 53.1 Å². The van der Waals surface area contributed by atoms with E-state index in [1.807, 2.05) is 55.7 Å². The molecule has 0 aliphatic rings. The lowest BCUT2D eigenvalue weighted by Gasteiger charge is -2.08. The van der Waals surface area contributed by atoms with E-state index in [1.165, 1.54) is 0 Å². The summed E-state index contributed by atoms with van der Waals surface area (Å²) in [6.07, 6.45) is 3.54. The molecule has 7 nitrogen and oxygen atoms in total. The summed E-state index contributed by atoms with van der Waals surface area (Å²) in [4.78, 5) is 13.7. The lowest BCUT2D eigenvalue weighted by Crippen LogP contribution is -2.06. The quantitative estimate of drug-likeness (QED) is 0.298. The molecule has 0 aliphatic carbocycles. The van der Waals surface area contributed by atoms with Crippen LogP contribution in [0.3, 0.4) is 0 Å². The molecule has 0 saturated heterocycles. The Morgan fingerprint density at radius 2 is 1.88 bits per heavy atom. The van der Waals surface area contributed by atoms with Crippen molar-refractivity contribution in [2.75, 3.05) is 15.8 Å². The minimum absolute atomic E-state index is 0.550. The van der Waals surface area contributed by atoms with Crippen molar-refractivity contribution in [3.63, 3.8) is 0 Å². The van der Waals surface area contributed by atoms with E-state index in [1.54, 1.807) is 23.7 Å². The summed E-state index contributed by atoms with van der Waals surface area (Å²) in [5.41, 5.74) is 7.77. The molecule has 0 spiro atoms. The molecule has 9 heteroatoms. The van der Waals surface area contributed by atoms with Crippen LogP contribution in [-0.4, -0.2) is 29.5 Å². The number of imidazole rings is 1. The van der Waals surface area contributed by atoms with Crippen LogP contribution in [0, 0.1) is 6.92 Å². The van der Waals surface area contributed by atoms with Gasteiger partial charge in [-0.2, -0.15) is 0 Å². The van der Waals surface area contributed by atoms with Crippen molar-refractivity contribution in [1.29, 1.82) is 0 Å². The number of thiazole rings is 1. The summed E-state index contributed by atoms with van der Waals surface area (Å²) in [6.45, 7) is 3.97. The number of aromatic nitrogens is 4. The lowest BCUT2D eigenvalue weighted by atomic mass is 10.1. The zero-order chi connectivity index (χ0) is 23.7. The Labute approximate surface area is 204 Å². The largest absolute Gasteiger partial charge is 0.331 e. The second-order valence-electron chi connectivity index (χ2n) is 7.87. The van der Waals surface area contributed by atoms with Crippen LogP contribution < -0.4 is 10.0 Å². The predicted molar refractivity (Wildman–Crippen MR) is 142 cm³/mol. The Bertz CT molecular complexity index is 1490. The number of nitrogens with zero attached hydrogens (tertiary/aromatic N) is 4. The predicted octanol–water partition coefficient (Wildman–Crippen LogP) is 5.91. The van der Waals surface area contributed by atoms with Gasteiger partial charge < -0.3 is 14.6 Å². The molecule has 5 rings (SSSR count). The van der Waals surface area contributed by atoms with E-state index in [9.17, 15) is 4.21 Å². The number of pyridine rings is 1. The molecule has 3 aromatic heterocycles. The fraction of sp³-hybridized carbons (Fsp3) is 0.160. The summed E-state index contributed by atoms with van der Waals surface area (Å²) in [7, 11) is 0.925. The number of rotatable bonds is 7. The molecular weight excluding hydrogens is 464 g/mol. The minimum Gasteiger partial charge on any atom is -0.331 e. The summed E-state index contributed by atoms with van der Waals surface area (Å²) < 4.78 is 17.0. The molecule has 0 saturated carbocycles. The maximum absolute atomic E-state index is 11.9. The third-order valence-electron chi connectivity index (χ3n) is 5.56. The molecular formula is C25H24N6OS2. The molecule has 2 N–H and O–H groups in total. The molecule has 34 heavy (non-hydrogen) atoms. The zero-order valence-electron chi connectivity index (χ0n) is 19.1. The highest BCUT2D eigenvalue weighted by Gasteiger charge is 2.14. The topological polar surface area (TPSA) is 84.7 Å². The number of benzene rings is 2. The standard InChI is InChI=1S/C25H24N6OS2/c1-4-34(32)30-19-7-5-6-18(13-19)24-27-21-14-20(16(2)12-23(21)31(24)3)28-25-29-22(15-33-25)17-8-10-26-11-9-17/h5-15,30H,4H2,1-3H3,(H,28,29). The van der Waals surface area contributed by atoms with Gasteiger partial charge in [-0.25, -0.2) is 14.2 Å². The van der Waals surface area contributed by atoms with Crippen LogP contribution in [0.15, 0.2) is 66.3 Å². The van der Waals surface area contributed by atoms with Crippen LogP contribution in [0.4, 0.5) is 16.5 Å². The van der Waals surface area contributed by atoms with Crippen LogP contribution in [0.5, 0.6) is 0 Å². The molecule has 172 valence electrons. The first kappa shape index (κ1) is 22.2. The van der Waals surface area contributed by atoms with Gasteiger partial charge in [0.1, 0.15) is 16.8 Å². The third-order valence-corrected chi connectivity index (χ3v) is 7.31. The molecule has 1 atom stereocenters. The molecule has 0 fully saturated rings. The SMILES string of the molecule is CCS(=O)Nc1cccc(-c2nc3cc(Nc4nc(-c5ccncc5)cs4)c(C)cc3n2C)c1. The van der Waals surface area contributed by atoms with Gasteiger partial charge in [0.05, 0.1) is 16.7 Å². The van der Waals surface area contributed by atoms with E-state index in [-0.39, 0.29) is 0 Å². The highest BCUT2D eigenvalue weighted by Crippen LogP contribution is 2.32. The smallest absolute Gasteiger partial charge is 0.187 e. The first-order valence-corrected chi connectivity index (χ1v) is 13.1. The Balaban J connectivity index is 1.46. The monoisotopic (exact) mass is 488 g/mol. The van der Waals surface area contributed by atoms with Gasteiger partial charge in [0.15, 0.2) is 5.13 Å². The van der Waals surface area contributed by atoms with Crippen molar-refractivity contribution in [2.45, 2.75) is 13.8 Å². The Morgan fingerprint density at radius 1 is 1.06 bits per heavy atom. The van der Waals surface area contributed by atoms with E-state index < -0.39 is 11.0 Å². The molecule has 5 aromatic rings. The van der Waals surface area contributed by atoms with Crippen molar-refractivity contribution >= 4 is 49.9 Å². The summed E-state index contributed by atoms with van der Waals surface area (Å²) >= 11 is 1.57. The van der Waals surface area contributed by atoms with Gasteiger partial charge in [-0.05, 0) is 48.9 Å². The summed E-state index contributed by atoms with van der Waals surface area (Å²) in [6, 6.07) is 16.0. The average molecular weight is 489 g/mol. The maximum atomic E-state index is 11.9. The number of anilines is 3. The van der Waals surface area contributed by atoms with Crippen LogP contribution in [0.2, 0.25) is 0 Å². The van der Waals surface area contributed by atoms with Crippen molar-refractivity contribution < 1.29 is 4.21 Å². The fourth-order valence-electron chi connectivity index (χ4n) is 3.76. The van der Waals surface area contributed by atoms with Crippen molar-refractivity contribution in [1.82, 2.24) is 19.5 Å². The number of hydrogen-bond acceptors (Lipinski definition) is 6. The molecule has 0 radical (unpaired) electrons. The fourth-order valence-corrected chi connectivity index (χ4v) is 5.03. The van der Waals surface area contributed by atoms with Gasteiger partial charge in [-0.15, -0.1) is 11.3 Å². The second kappa shape index (κ2) is 9.36. The van der Waals surface area contributed by atoms with Gasteiger partial charge >= 0.3 is 0 Å². The van der Waals surface area contributed by atoms with Crippen LogP contribution in [0.25, 0.3) is 33.7 Å². The summed E-state index contributed by atoms with van der Waals surface area (Å²) in [5, 5.41) is 6.32. The Hall–Kier alpha value is -3.56. The maximum Gasteiger partial charge on any atom is 0.187 e. The molecule has 1 unspecified atom stereocenters. The molecule has 0 bridgehead atoms. The first-order chi connectivity index (χ1) is 16.5. The highest BCUT2D eigenvalue weighted by atomic mass is 32.2. The van der Waals surface area contributed by atoms with Gasteiger partial charge in [0.25, 0.3) is 0 Å². The van der Waals surface area contributed by atoms with E-state index in [4.69, 9.17) is 9.97 Å². The molecule has 0 amide bonds. The van der Waals surface area contributed by atoms with E-state index in [2.05, 4.69) is 38.6 Å².